The van der Waals surface area contributed by atoms with Crippen LogP contribution in [0.15, 0.2) is 53.4 Å². The minimum atomic E-state index is -3.41. The first-order valence-corrected chi connectivity index (χ1v) is 9.75. The lowest BCUT2D eigenvalue weighted by atomic mass is 10.2. The topological polar surface area (TPSA) is 52.7 Å². The standard InChI is InChI=1S/C18H21N3O2S/c22-24(23,17-6-7-18-15(14-17)8-9-19-18)21-12-10-20(11-13-21)16-4-2-1-3-5-16/h1-7,14,19H,8-13H2. The van der Waals surface area contributed by atoms with Crippen molar-refractivity contribution >= 4 is 21.4 Å². The average molecular weight is 343 g/mol. The van der Waals surface area contributed by atoms with Crippen LogP contribution in [-0.4, -0.2) is 45.4 Å². The summed E-state index contributed by atoms with van der Waals surface area (Å²) in [5, 5.41) is 3.27. The highest BCUT2D eigenvalue weighted by Gasteiger charge is 2.29. The quantitative estimate of drug-likeness (QED) is 0.928. The van der Waals surface area contributed by atoms with E-state index in [1.54, 1.807) is 10.4 Å². The van der Waals surface area contributed by atoms with Crippen LogP contribution in [0.25, 0.3) is 0 Å². The lowest BCUT2D eigenvalue weighted by Crippen LogP contribution is -2.48. The maximum absolute atomic E-state index is 12.9. The van der Waals surface area contributed by atoms with Crippen molar-refractivity contribution in [1.29, 1.82) is 0 Å². The number of nitrogens with one attached hydrogen (secondary N) is 1. The van der Waals surface area contributed by atoms with Gasteiger partial charge in [0, 0.05) is 44.1 Å². The van der Waals surface area contributed by atoms with Gasteiger partial charge in [-0.15, -0.1) is 0 Å². The third-order valence-corrected chi connectivity index (χ3v) is 6.68. The van der Waals surface area contributed by atoms with Gasteiger partial charge < -0.3 is 10.2 Å². The molecule has 0 aromatic heterocycles. The lowest BCUT2D eigenvalue weighted by Gasteiger charge is -2.35. The number of sulfonamides is 1. The van der Waals surface area contributed by atoms with Crippen LogP contribution in [0.2, 0.25) is 0 Å². The summed E-state index contributed by atoms with van der Waals surface area (Å²) in [6, 6.07) is 15.6. The largest absolute Gasteiger partial charge is 0.384 e. The van der Waals surface area contributed by atoms with Gasteiger partial charge in [-0.25, -0.2) is 8.42 Å². The van der Waals surface area contributed by atoms with E-state index in [-0.39, 0.29) is 0 Å². The first-order valence-electron chi connectivity index (χ1n) is 8.31. The lowest BCUT2D eigenvalue weighted by molar-refractivity contribution is 0.385. The molecule has 0 bridgehead atoms. The molecule has 2 aromatic carbocycles. The molecule has 1 fully saturated rings. The summed E-state index contributed by atoms with van der Waals surface area (Å²) >= 11 is 0. The third-order valence-electron chi connectivity index (χ3n) is 4.78. The normalized spacial score (nSPS) is 18.2. The molecule has 5 nitrogen and oxygen atoms in total. The number of hydrogen-bond acceptors (Lipinski definition) is 4. The average Bonchev–Trinajstić information content (AvgIpc) is 3.10. The minimum Gasteiger partial charge on any atom is -0.384 e. The second-order valence-corrected chi connectivity index (χ2v) is 8.16. The van der Waals surface area contributed by atoms with Gasteiger partial charge in [-0.05, 0) is 42.3 Å². The molecule has 0 spiro atoms. The molecule has 24 heavy (non-hydrogen) atoms. The van der Waals surface area contributed by atoms with Crippen molar-refractivity contribution in [2.75, 3.05) is 42.9 Å². The number of fused-ring (bicyclic) bond motifs is 1. The summed E-state index contributed by atoms with van der Waals surface area (Å²) in [6.07, 6.45) is 0.889. The van der Waals surface area contributed by atoms with Crippen LogP contribution in [0.5, 0.6) is 0 Å². The van der Waals surface area contributed by atoms with Crippen LogP contribution in [0.1, 0.15) is 5.56 Å². The van der Waals surface area contributed by atoms with Gasteiger partial charge in [0.15, 0.2) is 0 Å². The molecule has 0 unspecified atom stereocenters. The van der Waals surface area contributed by atoms with Gasteiger partial charge >= 0.3 is 0 Å². The first kappa shape index (κ1) is 15.5. The second-order valence-electron chi connectivity index (χ2n) is 6.22. The fourth-order valence-corrected chi connectivity index (χ4v) is 4.89. The van der Waals surface area contributed by atoms with Crippen molar-refractivity contribution < 1.29 is 8.42 Å². The maximum atomic E-state index is 12.9. The number of hydrogen-bond donors (Lipinski definition) is 1. The van der Waals surface area contributed by atoms with E-state index in [0.29, 0.717) is 18.0 Å². The Hall–Kier alpha value is -2.05. The molecule has 4 rings (SSSR count). The number of rotatable bonds is 3. The molecule has 0 atom stereocenters. The Kier molecular flexibility index (Phi) is 3.94. The molecule has 0 saturated carbocycles. The summed E-state index contributed by atoms with van der Waals surface area (Å²) in [7, 11) is -3.41. The van der Waals surface area contributed by atoms with E-state index in [4.69, 9.17) is 0 Å². The molecule has 2 aliphatic heterocycles. The molecular weight excluding hydrogens is 322 g/mol. The predicted molar refractivity (Wildman–Crippen MR) is 96.0 cm³/mol. The Morgan fingerprint density at radius 1 is 0.917 bits per heavy atom. The molecular formula is C18H21N3O2S. The Labute approximate surface area is 142 Å². The zero-order valence-electron chi connectivity index (χ0n) is 13.5. The molecule has 0 radical (unpaired) electrons. The van der Waals surface area contributed by atoms with E-state index in [0.717, 1.165) is 43.0 Å². The smallest absolute Gasteiger partial charge is 0.243 e. The summed E-state index contributed by atoms with van der Waals surface area (Å²) in [5.74, 6) is 0. The molecule has 2 heterocycles. The first-order chi connectivity index (χ1) is 11.6. The Morgan fingerprint density at radius 2 is 1.67 bits per heavy atom. The monoisotopic (exact) mass is 343 g/mol. The van der Waals surface area contributed by atoms with E-state index < -0.39 is 10.0 Å². The second kappa shape index (κ2) is 6.11. The Balaban J connectivity index is 1.50. The highest BCUT2D eigenvalue weighted by atomic mass is 32.2. The highest BCUT2D eigenvalue weighted by molar-refractivity contribution is 7.89. The molecule has 2 aliphatic rings. The molecule has 0 aliphatic carbocycles. The van der Waals surface area contributed by atoms with Crippen molar-refractivity contribution in [3.8, 4) is 0 Å². The summed E-state index contributed by atoms with van der Waals surface area (Å²) in [5.41, 5.74) is 3.31. The van der Waals surface area contributed by atoms with Crippen LogP contribution in [0.3, 0.4) is 0 Å². The van der Waals surface area contributed by atoms with Crippen molar-refractivity contribution in [3.63, 3.8) is 0 Å². The molecule has 2 aromatic rings. The van der Waals surface area contributed by atoms with Gasteiger partial charge in [-0.1, -0.05) is 18.2 Å². The van der Waals surface area contributed by atoms with Crippen molar-refractivity contribution in [2.24, 2.45) is 0 Å². The van der Waals surface area contributed by atoms with E-state index in [1.807, 2.05) is 30.3 Å². The summed E-state index contributed by atoms with van der Waals surface area (Å²) < 4.78 is 27.4. The van der Waals surface area contributed by atoms with Gasteiger partial charge in [-0.2, -0.15) is 4.31 Å². The number of para-hydroxylation sites is 1. The fourth-order valence-electron chi connectivity index (χ4n) is 3.42. The van der Waals surface area contributed by atoms with Crippen molar-refractivity contribution in [1.82, 2.24) is 4.31 Å². The third kappa shape index (κ3) is 2.76. The highest BCUT2D eigenvalue weighted by Crippen LogP contribution is 2.27. The van der Waals surface area contributed by atoms with E-state index in [9.17, 15) is 8.42 Å². The molecule has 126 valence electrons. The zero-order valence-corrected chi connectivity index (χ0v) is 14.3. The van der Waals surface area contributed by atoms with Gasteiger partial charge in [0.1, 0.15) is 0 Å². The van der Waals surface area contributed by atoms with E-state index in [2.05, 4.69) is 22.3 Å². The van der Waals surface area contributed by atoms with Gasteiger partial charge in [0.25, 0.3) is 0 Å². The van der Waals surface area contributed by atoms with Gasteiger partial charge in [0.2, 0.25) is 10.0 Å². The summed E-state index contributed by atoms with van der Waals surface area (Å²) in [4.78, 5) is 2.65. The number of benzene rings is 2. The zero-order chi connectivity index (χ0) is 16.6. The van der Waals surface area contributed by atoms with Crippen LogP contribution >= 0.6 is 0 Å². The number of anilines is 2. The Bertz CT molecular complexity index is 829. The van der Waals surface area contributed by atoms with Gasteiger partial charge in [0.05, 0.1) is 4.90 Å². The molecule has 1 saturated heterocycles. The van der Waals surface area contributed by atoms with Crippen LogP contribution in [-0.2, 0) is 16.4 Å². The van der Waals surface area contributed by atoms with Crippen LogP contribution in [0, 0.1) is 0 Å². The maximum Gasteiger partial charge on any atom is 0.243 e. The number of nitrogens with zero attached hydrogens (tertiary/aromatic N) is 2. The van der Waals surface area contributed by atoms with Crippen LogP contribution in [0.4, 0.5) is 11.4 Å². The minimum absolute atomic E-state index is 0.415. The van der Waals surface area contributed by atoms with Gasteiger partial charge in [-0.3, -0.25) is 0 Å². The van der Waals surface area contributed by atoms with E-state index >= 15 is 0 Å². The SMILES string of the molecule is O=S(=O)(c1ccc2c(c1)CCN2)N1CCN(c2ccccc2)CC1. The molecule has 1 N–H and O–H groups in total. The Morgan fingerprint density at radius 3 is 2.42 bits per heavy atom. The molecule has 0 amide bonds. The summed E-state index contributed by atoms with van der Waals surface area (Å²) in [6.45, 7) is 3.36. The fraction of sp³-hybridized carbons (Fsp3) is 0.333. The number of piperazine rings is 1. The van der Waals surface area contributed by atoms with Crippen molar-refractivity contribution in [2.45, 2.75) is 11.3 Å². The van der Waals surface area contributed by atoms with Crippen molar-refractivity contribution in [3.05, 3.63) is 54.1 Å². The van der Waals surface area contributed by atoms with E-state index in [1.165, 1.54) is 0 Å². The molecule has 6 heteroatoms. The predicted octanol–water partition coefficient (Wildman–Crippen LogP) is 2.17. The van der Waals surface area contributed by atoms with Crippen LogP contribution < -0.4 is 10.2 Å².